The SMILES string of the molecule is CCOCCCn1c(SCc2ccc(Cl)nc2)nc2ccc(Br)cc2c1=O. The topological polar surface area (TPSA) is 57.0 Å². The molecule has 0 atom stereocenters. The Labute approximate surface area is 175 Å². The van der Waals surface area contributed by atoms with Crippen LogP contribution in [0.3, 0.4) is 0 Å². The van der Waals surface area contributed by atoms with Crippen molar-refractivity contribution in [3.63, 3.8) is 0 Å². The predicted octanol–water partition coefficient (Wildman–Crippen LogP) is 4.93. The van der Waals surface area contributed by atoms with E-state index in [-0.39, 0.29) is 5.56 Å². The third-order valence-electron chi connectivity index (χ3n) is 3.91. The van der Waals surface area contributed by atoms with Gasteiger partial charge in [0.1, 0.15) is 5.15 Å². The van der Waals surface area contributed by atoms with Crippen LogP contribution in [0.4, 0.5) is 0 Å². The fourth-order valence-electron chi connectivity index (χ4n) is 2.59. The van der Waals surface area contributed by atoms with Crippen LogP contribution in [-0.2, 0) is 17.0 Å². The van der Waals surface area contributed by atoms with Gasteiger partial charge in [0.15, 0.2) is 5.16 Å². The highest BCUT2D eigenvalue weighted by molar-refractivity contribution is 9.10. The van der Waals surface area contributed by atoms with Crippen LogP contribution in [-0.4, -0.2) is 27.7 Å². The highest BCUT2D eigenvalue weighted by Gasteiger charge is 2.12. The predicted molar refractivity (Wildman–Crippen MR) is 114 cm³/mol. The average Bonchev–Trinajstić information content (AvgIpc) is 2.67. The van der Waals surface area contributed by atoms with Crippen molar-refractivity contribution >= 4 is 50.2 Å². The minimum atomic E-state index is -0.0328. The fourth-order valence-corrected chi connectivity index (χ4v) is 4.02. The van der Waals surface area contributed by atoms with Gasteiger partial charge in [0, 0.05) is 36.2 Å². The van der Waals surface area contributed by atoms with E-state index in [0.29, 0.717) is 46.7 Å². The summed E-state index contributed by atoms with van der Waals surface area (Å²) in [5, 5.41) is 1.77. The Kier molecular flexibility index (Phi) is 7.29. The molecular weight excluding hydrogens is 450 g/mol. The van der Waals surface area contributed by atoms with Gasteiger partial charge < -0.3 is 4.74 Å². The molecular formula is C19H19BrClN3O2S. The number of hydrogen-bond acceptors (Lipinski definition) is 5. The molecule has 2 heterocycles. The van der Waals surface area contributed by atoms with Gasteiger partial charge in [0.25, 0.3) is 5.56 Å². The van der Waals surface area contributed by atoms with Crippen LogP contribution < -0.4 is 5.56 Å². The number of rotatable bonds is 8. The molecule has 8 heteroatoms. The molecule has 1 aromatic carbocycles. The summed E-state index contributed by atoms with van der Waals surface area (Å²) in [6.07, 6.45) is 2.50. The van der Waals surface area contributed by atoms with Crippen molar-refractivity contribution < 1.29 is 4.74 Å². The maximum Gasteiger partial charge on any atom is 0.262 e. The monoisotopic (exact) mass is 467 g/mol. The Bertz CT molecular complexity index is 979. The number of benzene rings is 1. The molecule has 5 nitrogen and oxygen atoms in total. The molecule has 0 amide bonds. The van der Waals surface area contributed by atoms with Gasteiger partial charge in [-0.25, -0.2) is 9.97 Å². The van der Waals surface area contributed by atoms with Gasteiger partial charge in [-0.15, -0.1) is 0 Å². The van der Waals surface area contributed by atoms with Crippen molar-refractivity contribution in [2.75, 3.05) is 13.2 Å². The van der Waals surface area contributed by atoms with Gasteiger partial charge in [0.2, 0.25) is 0 Å². The summed E-state index contributed by atoms with van der Waals surface area (Å²) in [5.74, 6) is 0.657. The van der Waals surface area contributed by atoms with Gasteiger partial charge in [-0.3, -0.25) is 9.36 Å². The molecule has 0 radical (unpaired) electrons. The molecule has 0 aliphatic carbocycles. The molecule has 0 bridgehead atoms. The summed E-state index contributed by atoms with van der Waals surface area (Å²) in [6.45, 7) is 3.81. The van der Waals surface area contributed by atoms with E-state index in [2.05, 4.69) is 20.9 Å². The number of aromatic nitrogens is 3. The zero-order chi connectivity index (χ0) is 19.2. The molecule has 0 saturated heterocycles. The highest BCUT2D eigenvalue weighted by Crippen LogP contribution is 2.24. The van der Waals surface area contributed by atoms with Crippen molar-refractivity contribution in [3.05, 3.63) is 62.1 Å². The van der Waals surface area contributed by atoms with Crippen LogP contribution in [0.2, 0.25) is 5.15 Å². The molecule has 0 aliphatic rings. The van der Waals surface area contributed by atoms with Crippen LogP contribution >= 0.6 is 39.3 Å². The van der Waals surface area contributed by atoms with Gasteiger partial charge in [-0.05, 0) is 43.2 Å². The lowest BCUT2D eigenvalue weighted by molar-refractivity contribution is 0.140. The van der Waals surface area contributed by atoms with Crippen molar-refractivity contribution in [2.45, 2.75) is 30.8 Å². The zero-order valence-corrected chi connectivity index (χ0v) is 18.0. The first kappa shape index (κ1) is 20.3. The first-order valence-corrected chi connectivity index (χ1v) is 10.7. The molecule has 0 saturated carbocycles. The lowest BCUT2D eigenvalue weighted by Crippen LogP contribution is -2.24. The van der Waals surface area contributed by atoms with E-state index >= 15 is 0 Å². The molecule has 27 heavy (non-hydrogen) atoms. The van der Waals surface area contributed by atoms with Crippen LogP contribution in [0.15, 0.2) is 51.0 Å². The van der Waals surface area contributed by atoms with E-state index in [1.165, 1.54) is 11.8 Å². The van der Waals surface area contributed by atoms with Crippen LogP contribution in [0, 0.1) is 0 Å². The van der Waals surface area contributed by atoms with Gasteiger partial charge >= 0.3 is 0 Å². The number of halogens is 2. The standard InChI is InChI=1S/C19H19BrClN3O2S/c1-2-26-9-3-8-24-18(25)15-10-14(20)5-6-16(15)23-19(24)27-12-13-4-7-17(21)22-11-13/h4-7,10-11H,2-3,8-9,12H2,1H3. The number of ether oxygens (including phenoxy) is 1. The summed E-state index contributed by atoms with van der Waals surface area (Å²) < 4.78 is 8.01. The fraction of sp³-hybridized carbons (Fsp3) is 0.316. The third-order valence-corrected chi connectivity index (χ3v) is 5.68. The minimum absolute atomic E-state index is 0.0328. The van der Waals surface area contributed by atoms with Gasteiger partial charge in [-0.2, -0.15) is 0 Å². The number of hydrogen-bond donors (Lipinski definition) is 0. The lowest BCUT2D eigenvalue weighted by atomic mass is 10.2. The third kappa shape index (κ3) is 5.31. The number of fused-ring (bicyclic) bond motifs is 1. The van der Waals surface area contributed by atoms with Crippen molar-refractivity contribution in [3.8, 4) is 0 Å². The van der Waals surface area contributed by atoms with Crippen molar-refractivity contribution in [1.82, 2.24) is 14.5 Å². The molecule has 0 aliphatic heterocycles. The van der Waals surface area contributed by atoms with Crippen LogP contribution in [0.25, 0.3) is 10.9 Å². The molecule has 0 spiro atoms. The summed E-state index contributed by atoms with van der Waals surface area (Å²) >= 11 is 10.8. The van der Waals surface area contributed by atoms with Crippen LogP contribution in [0.1, 0.15) is 18.9 Å². The van der Waals surface area contributed by atoms with E-state index in [0.717, 1.165) is 16.5 Å². The molecule has 142 valence electrons. The summed E-state index contributed by atoms with van der Waals surface area (Å²) in [6, 6.07) is 9.27. The normalized spacial score (nSPS) is 11.2. The number of pyridine rings is 1. The second kappa shape index (κ2) is 9.68. The highest BCUT2D eigenvalue weighted by atomic mass is 79.9. The molecule has 3 rings (SSSR count). The molecule has 3 aromatic rings. The Morgan fingerprint density at radius 3 is 2.89 bits per heavy atom. The average molecular weight is 469 g/mol. The zero-order valence-electron chi connectivity index (χ0n) is 14.8. The summed E-state index contributed by atoms with van der Waals surface area (Å²) in [4.78, 5) is 21.9. The van der Waals surface area contributed by atoms with E-state index in [4.69, 9.17) is 21.3 Å². The molecule has 0 fully saturated rings. The molecule has 0 unspecified atom stereocenters. The smallest absolute Gasteiger partial charge is 0.262 e. The van der Waals surface area contributed by atoms with E-state index in [9.17, 15) is 4.79 Å². The van der Waals surface area contributed by atoms with Crippen molar-refractivity contribution in [2.24, 2.45) is 0 Å². The lowest BCUT2D eigenvalue weighted by Gasteiger charge is -2.13. The first-order chi connectivity index (χ1) is 13.1. The van der Waals surface area contributed by atoms with Crippen molar-refractivity contribution in [1.29, 1.82) is 0 Å². The maximum atomic E-state index is 13.0. The molecule has 2 aromatic heterocycles. The largest absolute Gasteiger partial charge is 0.382 e. The summed E-state index contributed by atoms with van der Waals surface area (Å²) in [5.41, 5.74) is 1.69. The maximum absolute atomic E-state index is 13.0. The Balaban J connectivity index is 1.91. The van der Waals surface area contributed by atoms with E-state index in [1.54, 1.807) is 16.8 Å². The Morgan fingerprint density at radius 1 is 1.30 bits per heavy atom. The molecule has 0 N–H and O–H groups in total. The number of thioether (sulfide) groups is 1. The Morgan fingerprint density at radius 2 is 2.15 bits per heavy atom. The van der Waals surface area contributed by atoms with E-state index in [1.807, 2.05) is 31.2 Å². The first-order valence-electron chi connectivity index (χ1n) is 8.59. The van der Waals surface area contributed by atoms with Gasteiger partial charge in [-0.1, -0.05) is 45.4 Å². The van der Waals surface area contributed by atoms with E-state index < -0.39 is 0 Å². The summed E-state index contributed by atoms with van der Waals surface area (Å²) in [7, 11) is 0. The second-order valence-electron chi connectivity index (χ2n) is 5.84. The minimum Gasteiger partial charge on any atom is -0.382 e. The number of nitrogens with zero attached hydrogens (tertiary/aromatic N) is 3. The second-order valence-corrected chi connectivity index (χ2v) is 8.09. The van der Waals surface area contributed by atoms with Gasteiger partial charge in [0.05, 0.1) is 10.9 Å². The quantitative estimate of drug-likeness (QED) is 0.203. The Hall–Kier alpha value is -1.41. The van der Waals surface area contributed by atoms with Crippen LogP contribution in [0.5, 0.6) is 0 Å².